The molecule has 0 saturated carbocycles. The van der Waals surface area contributed by atoms with Crippen molar-refractivity contribution in [2.24, 2.45) is 0 Å². The number of nitro groups is 1. The van der Waals surface area contributed by atoms with Crippen molar-refractivity contribution in [3.63, 3.8) is 0 Å². The fourth-order valence-corrected chi connectivity index (χ4v) is 2.20. The van der Waals surface area contributed by atoms with Crippen molar-refractivity contribution in [2.75, 3.05) is 0 Å². The van der Waals surface area contributed by atoms with Gasteiger partial charge in [-0.3, -0.25) is 14.9 Å². The van der Waals surface area contributed by atoms with Gasteiger partial charge in [0, 0.05) is 23.3 Å². The average Bonchev–Trinajstić information content (AvgIpc) is 3.00. The van der Waals surface area contributed by atoms with Crippen molar-refractivity contribution >= 4 is 12.0 Å². The Morgan fingerprint density at radius 2 is 1.64 bits per heavy atom. The van der Waals surface area contributed by atoms with E-state index in [1.54, 1.807) is 18.2 Å². The number of carbonyl (C=O) groups is 1. The minimum absolute atomic E-state index is 0.00811. The van der Waals surface area contributed by atoms with Crippen LogP contribution in [0.4, 0.5) is 5.69 Å². The lowest BCUT2D eigenvalue weighted by molar-refractivity contribution is -0.384. The van der Waals surface area contributed by atoms with Crippen LogP contribution in [0.25, 0.3) is 22.6 Å². The summed E-state index contributed by atoms with van der Waals surface area (Å²) in [7, 11) is 0. The van der Waals surface area contributed by atoms with E-state index in [1.165, 1.54) is 12.1 Å². The summed E-state index contributed by atoms with van der Waals surface area (Å²) in [5, 5.41) is 10.7. The SMILES string of the molecule is O=Cc1cc(-c2ccccc2)oc1-c1ccc([N+](=O)[O-])cc1. The molecule has 22 heavy (non-hydrogen) atoms. The molecule has 2 aromatic carbocycles. The Morgan fingerprint density at radius 1 is 0.955 bits per heavy atom. The zero-order valence-corrected chi connectivity index (χ0v) is 11.4. The van der Waals surface area contributed by atoms with Crippen LogP contribution < -0.4 is 0 Å². The first-order chi connectivity index (χ1) is 10.7. The predicted octanol–water partition coefficient (Wildman–Crippen LogP) is 4.33. The van der Waals surface area contributed by atoms with E-state index in [9.17, 15) is 14.9 Å². The molecule has 0 N–H and O–H groups in total. The van der Waals surface area contributed by atoms with Gasteiger partial charge in [0.1, 0.15) is 11.5 Å². The molecule has 0 radical (unpaired) electrons. The predicted molar refractivity (Wildman–Crippen MR) is 81.6 cm³/mol. The van der Waals surface area contributed by atoms with Gasteiger partial charge in [-0.15, -0.1) is 0 Å². The molecule has 3 rings (SSSR count). The van der Waals surface area contributed by atoms with E-state index in [2.05, 4.69) is 0 Å². The lowest BCUT2D eigenvalue weighted by Gasteiger charge is -1.99. The summed E-state index contributed by atoms with van der Waals surface area (Å²) in [4.78, 5) is 21.5. The first-order valence-electron chi connectivity index (χ1n) is 6.58. The molecule has 0 spiro atoms. The Bertz CT molecular complexity index is 820. The fourth-order valence-electron chi connectivity index (χ4n) is 2.20. The van der Waals surface area contributed by atoms with Crippen LogP contribution in [0.5, 0.6) is 0 Å². The summed E-state index contributed by atoms with van der Waals surface area (Å²) in [6, 6.07) is 17.0. The van der Waals surface area contributed by atoms with E-state index in [0.29, 0.717) is 28.9 Å². The van der Waals surface area contributed by atoms with Crippen LogP contribution in [0.3, 0.4) is 0 Å². The van der Waals surface area contributed by atoms with Crippen LogP contribution in [0.15, 0.2) is 65.1 Å². The van der Waals surface area contributed by atoms with Crippen LogP contribution in [-0.2, 0) is 0 Å². The second-order valence-corrected chi connectivity index (χ2v) is 4.68. The number of hydrogen-bond donors (Lipinski definition) is 0. The van der Waals surface area contributed by atoms with E-state index in [-0.39, 0.29) is 5.69 Å². The summed E-state index contributed by atoms with van der Waals surface area (Å²) in [6.45, 7) is 0. The summed E-state index contributed by atoms with van der Waals surface area (Å²) >= 11 is 0. The number of aldehydes is 1. The van der Waals surface area contributed by atoms with Gasteiger partial charge in [-0.1, -0.05) is 30.3 Å². The highest BCUT2D eigenvalue weighted by atomic mass is 16.6. The standard InChI is InChI=1S/C17H11NO4/c19-11-14-10-16(12-4-2-1-3-5-12)22-17(14)13-6-8-15(9-7-13)18(20)21/h1-11H. The third-order valence-corrected chi connectivity index (χ3v) is 3.29. The van der Waals surface area contributed by atoms with Crippen LogP contribution >= 0.6 is 0 Å². The van der Waals surface area contributed by atoms with E-state index >= 15 is 0 Å². The number of benzene rings is 2. The lowest BCUT2D eigenvalue weighted by atomic mass is 10.1. The quantitative estimate of drug-likeness (QED) is 0.407. The molecule has 108 valence electrons. The smallest absolute Gasteiger partial charge is 0.269 e. The van der Waals surface area contributed by atoms with Gasteiger partial charge in [0.2, 0.25) is 0 Å². The van der Waals surface area contributed by atoms with Crippen LogP contribution in [0.1, 0.15) is 10.4 Å². The Labute approximate surface area is 126 Å². The van der Waals surface area contributed by atoms with Gasteiger partial charge in [0.25, 0.3) is 5.69 Å². The lowest BCUT2D eigenvalue weighted by Crippen LogP contribution is -1.87. The number of nitro benzene ring substituents is 1. The molecular formula is C17H11NO4. The summed E-state index contributed by atoms with van der Waals surface area (Å²) in [6.07, 6.45) is 0.715. The second kappa shape index (κ2) is 5.65. The van der Waals surface area contributed by atoms with Gasteiger partial charge in [-0.05, 0) is 18.2 Å². The van der Waals surface area contributed by atoms with E-state index in [1.807, 2.05) is 30.3 Å². The number of furan rings is 1. The Hall–Kier alpha value is -3.21. The van der Waals surface area contributed by atoms with Crippen LogP contribution in [-0.4, -0.2) is 11.2 Å². The molecule has 5 heteroatoms. The summed E-state index contributed by atoms with van der Waals surface area (Å²) in [5.41, 5.74) is 1.88. The van der Waals surface area contributed by atoms with Gasteiger partial charge in [-0.25, -0.2) is 0 Å². The zero-order valence-electron chi connectivity index (χ0n) is 11.4. The Balaban J connectivity index is 2.05. The van der Waals surface area contributed by atoms with Crippen molar-refractivity contribution in [3.05, 3.63) is 76.3 Å². The van der Waals surface area contributed by atoms with Crippen LogP contribution in [0.2, 0.25) is 0 Å². The first kappa shape index (κ1) is 13.8. The average molecular weight is 293 g/mol. The van der Waals surface area contributed by atoms with Crippen molar-refractivity contribution in [3.8, 4) is 22.6 Å². The fraction of sp³-hybridized carbons (Fsp3) is 0. The van der Waals surface area contributed by atoms with Gasteiger partial charge >= 0.3 is 0 Å². The molecule has 0 aliphatic heterocycles. The molecule has 0 bridgehead atoms. The second-order valence-electron chi connectivity index (χ2n) is 4.68. The topological polar surface area (TPSA) is 73.3 Å². The molecular weight excluding hydrogens is 282 g/mol. The van der Waals surface area contributed by atoms with E-state index < -0.39 is 4.92 Å². The number of rotatable bonds is 4. The maximum atomic E-state index is 11.3. The summed E-state index contributed by atoms with van der Waals surface area (Å²) < 4.78 is 5.78. The third kappa shape index (κ3) is 2.52. The number of carbonyl (C=O) groups excluding carboxylic acids is 1. The zero-order chi connectivity index (χ0) is 15.5. The number of nitrogens with zero attached hydrogens (tertiary/aromatic N) is 1. The maximum absolute atomic E-state index is 11.3. The number of hydrogen-bond acceptors (Lipinski definition) is 4. The normalized spacial score (nSPS) is 10.4. The largest absolute Gasteiger partial charge is 0.455 e. The van der Waals surface area contributed by atoms with Gasteiger partial charge < -0.3 is 4.42 Å². The first-order valence-corrected chi connectivity index (χ1v) is 6.58. The van der Waals surface area contributed by atoms with Gasteiger partial charge in [-0.2, -0.15) is 0 Å². The molecule has 0 aliphatic carbocycles. The minimum atomic E-state index is -0.470. The van der Waals surface area contributed by atoms with Crippen molar-refractivity contribution in [1.82, 2.24) is 0 Å². The molecule has 0 aliphatic rings. The third-order valence-electron chi connectivity index (χ3n) is 3.29. The molecule has 5 nitrogen and oxygen atoms in total. The molecule has 1 aromatic heterocycles. The number of non-ortho nitro benzene ring substituents is 1. The monoisotopic (exact) mass is 293 g/mol. The molecule has 0 atom stereocenters. The van der Waals surface area contributed by atoms with Gasteiger partial charge in [0.05, 0.1) is 10.5 Å². The maximum Gasteiger partial charge on any atom is 0.269 e. The van der Waals surface area contributed by atoms with E-state index in [0.717, 1.165) is 5.56 Å². The van der Waals surface area contributed by atoms with Gasteiger partial charge in [0.15, 0.2) is 6.29 Å². The van der Waals surface area contributed by atoms with Crippen molar-refractivity contribution in [2.45, 2.75) is 0 Å². The highest BCUT2D eigenvalue weighted by Gasteiger charge is 2.15. The summed E-state index contributed by atoms with van der Waals surface area (Å²) in [5.74, 6) is 0.986. The van der Waals surface area contributed by atoms with Crippen molar-refractivity contribution in [1.29, 1.82) is 0 Å². The molecule has 0 unspecified atom stereocenters. The Kier molecular flexibility index (Phi) is 3.53. The molecule has 3 aromatic rings. The van der Waals surface area contributed by atoms with Crippen molar-refractivity contribution < 1.29 is 14.1 Å². The molecule has 1 heterocycles. The highest BCUT2D eigenvalue weighted by Crippen LogP contribution is 2.32. The van der Waals surface area contributed by atoms with Crippen LogP contribution in [0, 0.1) is 10.1 Å². The van der Waals surface area contributed by atoms with E-state index in [4.69, 9.17) is 4.42 Å². The molecule has 0 amide bonds. The molecule has 0 fully saturated rings. The highest BCUT2D eigenvalue weighted by molar-refractivity contribution is 5.87. The minimum Gasteiger partial charge on any atom is -0.455 e. The molecule has 0 saturated heterocycles. The Morgan fingerprint density at radius 3 is 2.23 bits per heavy atom.